The number of aromatic nitrogens is 2. The van der Waals surface area contributed by atoms with Crippen molar-refractivity contribution in [1.82, 2.24) is 9.97 Å². The molecule has 1 aromatic carbocycles. The molecule has 0 aliphatic heterocycles. The Hall–Kier alpha value is -2.41. The molecule has 1 atom stereocenters. The molecule has 1 N–H and O–H groups in total. The zero-order valence-corrected chi connectivity index (χ0v) is 14.1. The minimum Gasteiger partial charge on any atom is -0.479 e. The van der Waals surface area contributed by atoms with Crippen LogP contribution in [-0.4, -0.2) is 34.5 Å². The van der Waals surface area contributed by atoms with E-state index < -0.39 is 12.3 Å². The molecule has 1 unspecified atom stereocenters. The van der Waals surface area contributed by atoms with Crippen LogP contribution in [-0.2, 0) is 6.42 Å². The minimum atomic E-state index is -1.56. The van der Waals surface area contributed by atoms with E-state index in [1.165, 1.54) is 26.3 Å². The Morgan fingerprint density at radius 2 is 2.17 bits per heavy atom. The van der Waals surface area contributed by atoms with Crippen molar-refractivity contribution in [3.8, 4) is 22.9 Å². The Bertz CT molecular complexity index is 768. The van der Waals surface area contributed by atoms with Crippen molar-refractivity contribution in [3.05, 3.63) is 34.6 Å². The Kier molecular flexibility index (Phi) is 5.56. The second kappa shape index (κ2) is 7.44. The number of methoxy groups -OCH3 is 1. The van der Waals surface area contributed by atoms with Crippen LogP contribution in [0.4, 0.5) is 4.39 Å². The molecule has 0 aliphatic rings. The van der Waals surface area contributed by atoms with Gasteiger partial charge in [-0.1, -0.05) is 18.5 Å². The summed E-state index contributed by atoms with van der Waals surface area (Å²) in [5.74, 6) is -1.20. The Morgan fingerprint density at radius 1 is 1.46 bits per heavy atom. The zero-order chi connectivity index (χ0) is 17.9. The lowest BCUT2D eigenvalue weighted by Gasteiger charge is -2.17. The number of ether oxygens (including phenoxy) is 2. The van der Waals surface area contributed by atoms with E-state index in [4.69, 9.17) is 21.1 Å². The molecule has 1 heterocycles. The van der Waals surface area contributed by atoms with Gasteiger partial charge in [-0.2, -0.15) is 0 Å². The predicted octanol–water partition coefficient (Wildman–Crippen LogP) is 3.76. The molecule has 6 nitrogen and oxygen atoms in total. The van der Waals surface area contributed by atoms with Gasteiger partial charge in [0.15, 0.2) is 0 Å². The van der Waals surface area contributed by atoms with Gasteiger partial charge in [0.2, 0.25) is 17.9 Å². The first kappa shape index (κ1) is 17.9. The maximum absolute atomic E-state index is 13.3. The highest BCUT2D eigenvalue weighted by molar-refractivity contribution is 6.31. The van der Waals surface area contributed by atoms with Crippen LogP contribution >= 0.6 is 11.6 Å². The summed E-state index contributed by atoms with van der Waals surface area (Å²) in [4.78, 5) is 19.4. The van der Waals surface area contributed by atoms with E-state index in [1.807, 2.05) is 6.92 Å². The molecule has 0 spiro atoms. The van der Waals surface area contributed by atoms with Crippen LogP contribution < -0.4 is 9.47 Å². The average Bonchev–Trinajstić information content (AvgIpc) is 2.55. The molecular formula is C16H16ClFN2O4. The van der Waals surface area contributed by atoms with Crippen molar-refractivity contribution in [2.75, 3.05) is 7.11 Å². The number of hydrogen-bond donors (Lipinski definition) is 1. The van der Waals surface area contributed by atoms with Gasteiger partial charge in [-0.05, 0) is 24.1 Å². The third-order valence-electron chi connectivity index (χ3n) is 3.25. The van der Waals surface area contributed by atoms with Gasteiger partial charge >= 0.3 is 5.97 Å². The summed E-state index contributed by atoms with van der Waals surface area (Å²) in [6.45, 7) is 3.11. The number of hydrogen-bond acceptors (Lipinski definition) is 5. The van der Waals surface area contributed by atoms with E-state index in [0.717, 1.165) is 0 Å². The smallest absolute Gasteiger partial charge is 0.360 e. The van der Waals surface area contributed by atoms with Gasteiger partial charge in [-0.25, -0.2) is 19.2 Å². The van der Waals surface area contributed by atoms with Gasteiger partial charge in [0.25, 0.3) is 0 Å². The van der Waals surface area contributed by atoms with Crippen LogP contribution in [0.5, 0.6) is 11.6 Å². The van der Waals surface area contributed by atoms with Gasteiger partial charge in [0.05, 0.1) is 19.0 Å². The maximum atomic E-state index is 13.3. The van der Waals surface area contributed by atoms with Crippen LogP contribution in [0.2, 0.25) is 5.02 Å². The summed E-state index contributed by atoms with van der Waals surface area (Å²) < 4.78 is 23.4. The fourth-order valence-corrected chi connectivity index (χ4v) is 2.58. The highest BCUT2D eigenvalue weighted by Gasteiger charge is 2.21. The number of carboxylic acids is 1. The number of carbonyl (C=O) groups is 1. The van der Waals surface area contributed by atoms with Crippen molar-refractivity contribution in [2.24, 2.45) is 0 Å². The lowest BCUT2D eigenvalue weighted by molar-refractivity contribution is 0.0685. The predicted molar refractivity (Wildman–Crippen MR) is 86.6 cm³/mol. The molecule has 0 amide bonds. The Labute approximate surface area is 143 Å². The number of benzene rings is 1. The average molecular weight is 355 g/mol. The van der Waals surface area contributed by atoms with Crippen molar-refractivity contribution < 1.29 is 23.8 Å². The number of halogens is 2. The van der Waals surface area contributed by atoms with Crippen LogP contribution in [0, 0.1) is 0 Å². The number of carboxylic acid groups (broad SMARTS) is 1. The van der Waals surface area contributed by atoms with Gasteiger partial charge in [0.1, 0.15) is 5.75 Å². The molecule has 2 aromatic rings. The van der Waals surface area contributed by atoms with Gasteiger partial charge in [-0.3, -0.25) is 0 Å². The first-order valence-corrected chi connectivity index (χ1v) is 7.53. The summed E-state index contributed by atoms with van der Waals surface area (Å²) >= 11 is 6.21. The highest BCUT2D eigenvalue weighted by Crippen LogP contribution is 2.38. The monoisotopic (exact) mass is 354 g/mol. The molecule has 0 saturated carbocycles. The zero-order valence-electron chi connectivity index (χ0n) is 13.3. The molecule has 128 valence electrons. The van der Waals surface area contributed by atoms with E-state index in [2.05, 4.69) is 9.97 Å². The molecule has 24 heavy (non-hydrogen) atoms. The Balaban J connectivity index is 2.72. The van der Waals surface area contributed by atoms with E-state index >= 15 is 0 Å². The van der Waals surface area contributed by atoms with Gasteiger partial charge < -0.3 is 14.6 Å². The largest absolute Gasteiger partial charge is 0.479 e. The number of nitrogens with zero attached hydrogens (tertiary/aromatic N) is 2. The van der Waals surface area contributed by atoms with E-state index in [1.54, 1.807) is 6.07 Å². The van der Waals surface area contributed by atoms with E-state index in [0.29, 0.717) is 22.6 Å². The molecule has 2 rings (SSSR count). The van der Waals surface area contributed by atoms with Crippen LogP contribution in [0.3, 0.4) is 0 Å². The number of rotatable bonds is 6. The third kappa shape index (κ3) is 3.56. The fourth-order valence-electron chi connectivity index (χ4n) is 2.29. The minimum absolute atomic E-state index is 0.118. The lowest BCUT2D eigenvalue weighted by atomic mass is 10.0. The summed E-state index contributed by atoms with van der Waals surface area (Å²) in [7, 11) is 1.30. The summed E-state index contributed by atoms with van der Waals surface area (Å²) in [6.07, 6.45) is 0.299. The van der Waals surface area contributed by atoms with Crippen LogP contribution in [0.15, 0.2) is 18.3 Å². The third-order valence-corrected chi connectivity index (χ3v) is 3.61. The number of aromatic carboxylic acids is 1. The van der Waals surface area contributed by atoms with Crippen LogP contribution in [0.25, 0.3) is 11.3 Å². The number of alkyl halides is 1. The molecule has 0 fully saturated rings. The van der Waals surface area contributed by atoms with Crippen molar-refractivity contribution in [3.63, 3.8) is 0 Å². The van der Waals surface area contributed by atoms with E-state index in [9.17, 15) is 14.3 Å². The summed E-state index contributed by atoms with van der Waals surface area (Å²) in [6, 6.07) is 3.11. The molecule has 0 saturated heterocycles. The first-order chi connectivity index (χ1) is 11.4. The van der Waals surface area contributed by atoms with E-state index in [-0.39, 0.29) is 23.0 Å². The van der Waals surface area contributed by atoms with Crippen molar-refractivity contribution >= 4 is 17.6 Å². The summed E-state index contributed by atoms with van der Waals surface area (Å²) in [5, 5.41) is 9.71. The van der Waals surface area contributed by atoms with Gasteiger partial charge in [0, 0.05) is 17.5 Å². The molecule has 1 aromatic heterocycles. The second-order valence-electron chi connectivity index (χ2n) is 4.83. The Morgan fingerprint density at radius 3 is 2.71 bits per heavy atom. The topological polar surface area (TPSA) is 81.5 Å². The standard InChI is InChI=1S/C16H16ClFN2O4/c1-4-9-10(17)5-6-12(24-8(2)18)13(9)11-7-19-15(23-3)14(20-11)16(21)22/h5-8H,4H2,1-3H3,(H,21,22). The molecule has 0 aliphatic carbocycles. The molecule has 0 bridgehead atoms. The first-order valence-electron chi connectivity index (χ1n) is 7.15. The lowest BCUT2D eigenvalue weighted by Crippen LogP contribution is -2.09. The van der Waals surface area contributed by atoms with Crippen molar-refractivity contribution in [1.29, 1.82) is 0 Å². The summed E-state index contributed by atoms with van der Waals surface area (Å²) in [5.41, 5.74) is 0.928. The highest BCUT2D eigenvalue weighted by atomic mass is 35.5. The SMILES string of the molecule is CCc1c(Cl)ccc(OC(C)F)c1-c1cnc(OC)c(C(=O)O)n1. The van der Waals surface area contributed by atoms with Gasteiger partial charge in [-0.15, -0.1) is 0 Å². The maximum Gasteiger partial charge on any atom is 0.360 e. The molecule has 0 radical (unpaired) electrons. The van der Waals surface area contributed by atoms with Crippen LogP contribution in [0.1, 0.15) is 29.9 Å². The normalized spacial score (nSPS) is 11.9. The quantitative estimate of drug-likeness (QED) is 0.850. The molecular weight excluding hydrogens is 339 g/mol. The second-order valence-corrected chi connectivity index (χ2v) is 5.24. The molecule has 8 heteroatoms. The fraction of sp³-hybridized carbons (Fsp3) is 0.312. The van der Waals surface area contributed by atoms with Crippen molar-refractivity contribution in [2.45, 2.75) is 26.6 Å².